The van der Waals surface area contributed by atoms with Crippen molar-refractivity contribution in [3.8, 4) is 0 Å². The van der Waals surface area contributed by atoms with Crippen LogP contribution in [0.5, 0.6) is 0 Å². The van der Waals surface area contributed by atoms with Gasteiger partial charge in [0.15, 0.2) is 0 Å². The number of methoxy groups -OCH3 is 1. The number of carbonyl (C=O) groups excluding carboxylic acids is 2. The third-order valence-electron chi connectivity index (χ3n) is 2.91. The fraction of sp³-hybridized carbons (Fsp3) is 0.833. The lowest BCUT2D eigenvalue weighted by Crippen LogP contribution is -2.43. The predicted octanol–water partition coefficient (Wildman–Crippen LogP) is 0.396. The summed E-state index contributed by atoms with van der Waals surface area (Å²) in [5.41, 5.74) is -0.210. The van der Waals surface area contributed by atoms with E-state index in [9.17, 15) is 9.59 Å². The Hall–Kier alpha value is -1.10. The average molecular weight is 242 g/mol. The number of hydrogen-bond donors (Lipinski definition) is 1. The van der Waals surface area contributed by atoms with Crippen molar-refractivity contribution in [1.29, 1.82) is 0 Å². The molecule has 1 unspecified atom stereocenters. The van der Waals surface area contributed by atoms with Crippen LogP contribution in [0, 0.1) is 5.92 Å². The smallest absolute Gasteiger partial charge is 0.225 e. The fourth-order valence-electron chi connectivity index (χ4n) is 1.95. The molecule has 0 aromatic carbocycles. The first kappa shape index (κ1) is 14.0. The van der Waals surface area contributed by atoms with E-state index >= 15 is 0 Å². The van der Waals surface area contributed by atoms with Gasteiger partial charge in [-0.25, -0.2) is 0 Å². The summed E-state index contributed by atoms with van der Waals surface area (Å²) in [6.07, 6.45) is 0.316. The van der Waals surface area contributed by atoms with Crippen LogP contribution >= 0.6 is 0 Å². The molecule has 1 N–H and O–H groups in total. The van der Waals surface area contributed by atoms with Gasteiger partial charge in [0.05, 0.1) is 12.5 Å². The second kappa shape index (κ2) is 5.49. The first-order chi connectivity index (χ1) is 7.86. The average Bonchev–Trinajstić information content (AvgIpc) is 2.60. The molecule has 98 valence electrons. The third-order valence-corrected chi connectivity index (χ3v) is 2.91. The second-order valence-electron chi connectivity index (χ2n) is 5.36. The maximum Gasteiger partial charge on any atom is 0.225 e. The minimum Gasteiger partial charge on any atom is -0.383 e. The Morgan fingerprint density at radius 1 is 1.53 bits per heavy atom. The van der Waals surface area contributed by atoms with Crippen LogP contribution in [0.25, 0.3) is 0 Å². The fourth-order valence-corrected chi connectivity index (χ4v) is 1.95. The summed E-state index contributed by atoms with van der Waals surface area (Å²) in [4.78, 5) is 25.4. The molecule has 0 saturated carbocycles. The van der Waals surface area contributed by atoms with Gasteiger partial charge in [0.25, 0.3) is 0 Å². The zero-order chi connectivity index (χ0) is 13.1. The first-order valence-corrected chi connectivity index (χ1v) is 5.93. The van der Waals surface area contributed by atoms with Crippen molar-refractivity contribution in [1.82, 2.24) is 10.2 Å². The van der Waals surface area contributed by atoms with Gasteiger partial charge < -0.3 is 15.0 Å². The molecule has 0 aliphatic carbocycles. The maximum atomic E-state index is 11.8. The highest BCUT2D eigenvalue weighted by atomic mass is 16.5. The highest BCUT2D eigenvalue weighted by Crippen LogP contribution is 2.25. The van der Waals surface area contributed by atoms with Gasteiger partial charge in [-0.2, -0.15) is 0 Å². The van der Waals surface area contributed by atoms with Crippen molar-refractivity contribution in [3.05, 3.63) is 0 Å². The molecule has 1 saturated heterocycles. The third kappa shape index (κ3) is 3.70. The number of ether oxygens (including phenoxy) is 1. The Kier molecular flexibility index (Phi) is 4.51. The summed E-state index contributed by atoms with van der Waals surface area (Å²) >= 11 is 0. The minimum absolute atomic E-state index is 0.0536. The maximum absolute atomic E-state index is 11.8. The van der Waals surface area contributed by atoms with Gasteiger partial charge in [-0.15, -0.1) is 0 Å². The van der Waals surface area contributed by atoms with Gasteiger partial charge in [0.1, 0.15) is 0 Å². The van der Waals surface area contributed by atoms with Crippen molar-refractivity contribution in [3.63, 3.8) is 0 Å². The van der Waals surface area contributed by atoms with Crippen molar-refractivity contribution < 1.29 is 14.3 Å². The van der Waals surface area contributed by atoms with E-state index in [1.807, 2.05) is 20.8 Å². The zero-order valence-electron chi connectivity index (χ0n) is 11.1. The van der Waals surface area contributed by atoms with Crippen molar-refractivity contribution in [2.45, 2.75) is 32.7 Å². The van der Waals surface area contributed by atoms with Crippen LogP contribution in [0.2, 0.25) is 0 Å². The van der Waals surface area contributed by atoms with E-state index < -0.39 is 0 Å². The number of nitrogens with one attached hydrogen (secondary N) is 1. The van der Waals surface area contributed by atoms with Crippen LogP contribution < -0.4 is 5.32 Å². The number of hydrogen-bond acceptors (Lipinski definition) is 3. The molecule has 1 fully saturated rings. The lowest BCUT2D eigenvalue weighted by Gasteiger charge is -2.31. The molecule has 5 nitrogen and oxygen atoms in total. The molecule has 17 heavy (non-hydrogen) atoms. The number of nitrogens with zero attached hydrogens (tertiary/aromatic N) is 1. The van der Waals surface area contributed by atoms with E-state index in [1.54, 1.807) is 12.0 Å². The zero-order valence-corrected chi connectivity index (χ0v) is 11.1. The van der Waals surface area contributed by atoms with Gasteiger partial charge in [-0.3, -0.25) is 9.59 Å². The van der Waals surface area contributed by atoms with Gasteiger partial charge in [-0.1, -0.05) is 0 Å². The lowest BCUT2D eigenvalue weighted by molar-refractivity contribution is -0.132. The molecule has 1 heterocycles. The molecular formula is C12H22N2O3. The lowest BCUT2D eigenvalue weighted by atomic mass is 10.1. The van der Waals surface area contributed by atoms with Crippen LogP contribution in [0.4, 0.5) is 0 Å². The molecule has 1 atom stereocenters. The van der Waals surface area contributed by atoms with Crippen LogP contribution in [-0.4, -0.2) is 49.1 Å². The van der Waals surface area contributed by atoms with Crippen molar-refractivity contribution in [2.24, 2.45) is 5.92 Å². The SMILES string of the molecule is COCCNC(=O)C1CC(=O)N(C(C)(C)C)C1. The number of likely N-dealkylation sites (tertiary alicyclic amines) is 1. The molecule has 2 amide bonds. The summed E-state index contributed by atoms with van der Waals surface area (Å²) in [6, 6.07) is 0. The summed E-state index contributed by atoms with van der Waals surface area (Å²) in [7, 11) is 1.59. The van der Waals surface area contributed by atoms with E-state index in [1.165, 1.54) is 0 Å². The van der Waals surface area contributed by atoms with Crippen LogP contribution in [0.3, 0.4) is 0 Å². The molecule has 0 spiro atoms. The second-order valence-corrected chi connectivity index (χ2v) is 5.36. The van der Waals surface area contributed by atoms with E-state index in [-0.39, 0.29) is 23.3 Å². The van der Waals surface area contributed by atoms with Crippen LogP contribution in [0.1, 0.15) is 27.2 Å². The Labute approximate surface area is 102 Å². The number of rotatable bonds is 4. The van der Waals surface area contributed by atoms with E-state index in [2.05, 4.69) is 5.32 Å². The largest absolute Gasteiger partial charge is 0.383 e. The Bertz CT molecular complexity index is 297. The molecule has 1 aliphatic rings. The monoisotopic (exact) mass is 242 g/mol. The number of amides is 2. The topological polar surface area (TPSA) is 58.6 Å². The Morgan fingerprint density at radius 2 is 2.18 bits per heavy atom. The molecule has 0 bridgehead atoms. The summed E-state index contributed by atoms with van der Waals surface area (Å²) in [6.45, 7) is 7.45. The molecule has 1 aliphatic heterocycles. The van der Waals surface area contributed by atoms with E-state index in [0.29, 0.717) is 26.1 Å². The normalized spacial score (nSPS) is 20.8. The molecule has 5 heteroatoms. The van der Waals surface area contributed by atoms with Gasteiger partial charge in [0, 0.05) is 32.2 Å². The van der Waals surface area contributed by atoms with Crippen molar-refractivity contribution >= 4 is 11.8 Å². The first-order valence-electron chi connectivity index (χ1n) is 5.93. The quantitative estimate of drug-likeness (QED) is 0.726. The van der Waals surface area contributed by atoms with E-state index in [0.717, 1.165) is 0 Å². The summed E-state index contributed by atoms with van der Waals surface area (Å²) in [5, 5.41) is 2.78. The highest BCUT2D eigenvalue weighted by molar-refractivity contribution is 5.89. The van der Waals surface area contributed by atoms with Gasteiger partial charge >= 0.3 is 0 Å². The molecular weight excluding hydrogens is 220 g/mol. The minimum atomic E-state index is -0.224. The predicted molar refractivity (Wildman–Crippen MR) is 64.5 cm³/mol. The van der Waals surface area contributed by atoms with Gasteiger partial charge in [-0.05, 0) is 20.8 Å². The number of carbonyl (C=O) groups is 2. The molecule has 0 aromatic heterocycles. The molecule has 0 radical (unpaired) electrons. The van der Waals surface area contributed by atoms with Crippen molar-refractivity contribution in [2.75, 3.05) is 26.8 Å². The summed E-state index contributed by atoms with van der Waals surface area (Å²) in [5.74, 6) is -0.217. The Balaban J connectivity index is 2.48. The standard InChI is InChI=1S/C12H22N2O3/c1-12(2,3)14-8-9(7-10(14)15)11(16)13-5-6-17-4/h9H,5-8H2,1-4H3,(H,13,16). The molecule has 0 aromatic rings. The Morgan fingerprint density at radius 3 is 2.65 bits per heavy atom. The highest BCUT2D eigenvalue weighted by Gasteiger charge is 2.39. The van der Waals surface area contributed by atoms with Crippen LogP contribution in [-0.2, 0) is 14.3 Å². The van der Waals surface area contributed by atoms with Crippen LogP contribution in [0.15, 0.2) is 0 Å². The summed E-state index contributed by atoms with van der Waals surface area (Å²) < 4.78 is 4.86. The van der Waals surface area contributed by atoms with Gasteiger partial charge in [0.2, 0.25) is 11.8 Å². The van der Waals surface area contributed by atoms with E-state index in [4.69, 9.17) is 4.74 Å². The molecule has 1 rings (SSSR count).